The van der Waals surface area contributed by atoms with E-state index in [1.165, 1.54) is 51.4 Å². The van der Waals surface area contributed by atoms with Gasteiger partial charge in [-0.15, -0.1) is 0 Å². The van der Waals surface area contributed by atoms with Crippen LogP contribution < -0.4 is 0 Å². The van der Waals surface area contributed by atoms with Crippen LogP contribution in [0.3, 0.4) is 0 Å². The van der Waals surface area contributed by atoms with Gasteiger partial charge in [-0.05, 0) is 0 Å². The Morgan fingerprint density at radius 1 is 0.905 bits per heavy atom. The molecule has 2 aliphatic carbocycles. The van der Waals surface area contributed by atoms with Gasteiger partial charge in [-0.3, -0.25) is 0 Å². The largest absolute Gasteiger partial charge is 0.358 e. The summed E-state index contributed by atoms with van der Waals surface area (Å²) in [5.41, 5.74) is 0.216. The molecule has 0 N–H and O–H groups in total. The summed E-state index contributed by atoms with van der Waals surface area (Å²) >= 11 is 1.15. The molecule has 0 aromatic rings. The van der Waals surface area contributed by atoms with E-state index in [2.05, 4.69) is 50.8 Å². The van der Waals surface area contributed by atoms with Crippen molar-refractivity contribution in [2.45, 2.75) is 91.5 Å². The van der Waals surface area contributed by atoms with Crippen LogP contribution in [0.1, 0.15) is 86.0 Å². The second kappa shape index (κ2) is 14.2. The van der Waals surface area contributed by atoms with Crippen molar-refractivity contribution in [3.8, 4) is 0 Å². The molecule has 1 nitrogen and oxygen atoms in total. The number of rotatable bonds is 0. The maximum absolute atomic E-state index is 4.13. The summed E-state index contributed by atoms with van der Waals surface area (Å²) in [7, 11) is 0. The molecule has 21 heavy (non-hydrogen) atoms. The van der Waals surface area contributed by atoms with Crippen molar-refractivity contribution in [3.05, 3.63) is 20.3 Å². The van der Waals surface area contributed by atoms with Crippen molar-refractivity contribution >= 4 is 0 Å². The van der Waals surface area contributed by atoms with Crippen LogP contribution in [0.2, 0.25) is 0 Å². The van der Waals surface area contributed by atoms with Crippen LogP contribution in [0, 0.1) is 32.1 Å². The van der Waals surface area contributed by atoms with Crippen LogP contribution in [0.15, 0.2) is 3.34 Å². The van der Waals surface area contributed by atoms with E-state index in [1.54, 1.807) is 0 Å². The molecule has 0 bridgehead atoms. The maximum Gasteiger partial charge on any atom is -0.0530 e. The van der Waals surface area contributed by atoms with Gasteiger partial charge in [0.15, 0.2) is 0 Å². The Labute approximate surface area is 147 Å². The summed E-state index contributed by atoms with van der Waals surface area (Å²) in [5.74, 6) is 1.91. The van der Waals surface area contributed by atoms with Gasteiger partial charge in [-0.1, -0.05) is 51.4 Å². The molecule has 0 spiro atoms. The standard InChI is InChI=1S/C8H15.C6H11.C4H9N.CH3.Ta/c1-7-4-3-5-8(2)6-7;1-2-4-6-5-3-1;1-4(2,3)5;;/h3,7-8H,4-6H2,1-2H3;1H,2-6H2;1-3H3;1H3;/q2*-1;;-1;. The Balaban J connectivity index is 0. The van der Waals surface area contributed by atoms with Crippen LogP contribution in [-0.4, -0.2) is 5.54 Å². The van der Waals surface area contributed by atoms with E-state index in [0.29, 0.717) is 0 Å². The molecule has 127 valence electrons. The predicted molar refractivity (Wildman–Crippen MR) is 92.5 cm³/mol. The first-order valence-corrected chi connectivity index (χ1v) is 9.78. The first kappa shape index (κ1) is 23.8. The second-order valence-corrected chi connectivity index (χ2v) is 8.12. The third-order valence-electron chi connectivity index (χ3n) is 3.56. The third-order valence-corrected chi connectivity index (χ3v) is 5.71. The number of nitrogens with zero attached hydrogens (tertiary/aromatic N) is 1. The van der Waals surface area contributed by atoms with Gasteiger partial charge in [-0.2, -0.15) is 25.7 Å². The zero-order chi connectivity index (χ0) is 15.4. The Bertz CT molecular complexity index is 209. The van der Waals surface area contributed by atoms with Crippen molar-refractivity contribution in [1.29, 1.82) is 0 Å². The quantitative estimate of drug-likeness (QED) is 0.353. The fraction of sp³-hybridized carbons (Fsp3) is 0.842. The summed E-state index contributed by atoms with van der Waals surface area (Å²) in [6, 6.07) is 0. The van der Waals surface area contributed by atoms with E-state index in [1.807, 2.05) is 0 Å². The molecule has 0 radical (unpaired) electrons. The molecule has 2 atom stereocenters. The van der Waals surface area contributed by atoms with Gasteiger partial charge in [0.2, 0.25) is 0 Å². The average Bonchev–Trinajstić information content (AvgIpc) is 2.41. The van der Waals surface area contributed by atoms with E-state index < -0.39 is 0 Å². The normalized spacial score (nSPS) is 25.1. The summed E-state index contributed by atoms with van der Waals surface area (Å²) in [5, 5.41) is 0. The van der Waals surface area contributed by atoms with Crippen molar-refractivity contribution < 1.29 is 20.9 Å². The summed E-state index contributed by atoms with van der Waals surface area (Å²) in [4.78, 5) is 0. The molecule has 2 heteroatoms. The number of hydrogen-bond acceptors (Lipinski definition) is 1. The van der Waals surface area contributed by atoms with Gasteiger partial charge in [0, 0.05) is 0 Å². The fourth-order valence-corrected chi connectivity index (χ4v) is 2.44. The SMILES string of the molecule is CC(C)(C)[N]=[Ta].CC1C[CH-]CC(C)C1.[CH-]1CCCCC1.[CH3-]. The minimum absolute atomic E-state index is 0. The van der Waals surface area contributed by atoms with Gasteiger partial charge in [0.05, 0.1) is 0 Å². The first-order valence-electron chi connectivity index (χ1n) is 8.34. The fourth-order valence-electron chi connectivity index (χ4n) is 2.44. The number of hydrogen-bond donors (Lipinski definition) is 0. The molecule has 2 unspecified atom stereocenters. The Morgan fingerprint density at radius 3 is 1.48 bits per heavy atom. The summed E-state index contributed by atoms with van der Waals surface area (Å²) in [6.45, 7) is 11.0. The smallest absolute Gasteiger partial charge is 0.0530 e. The van der Waals surface area contributed by atoms with E-state index >= 15 is 0 Å². The van der Waals surface area contributed by atoms with Crippen molar-refractivity contribution in [2.75, 3.05) is 0 Å². The molecule has 0 amide bonds. The maximum atomic E-state index is 4.13. The minimum Gasteiger partial charge on any atom is -0.358 e. The molecule has 0 heterocycles. The average molecular weight is 461 g/mol. The van der Waals surface area contributed by atoms with Crippen molar-refractivity contribution in [1.82, 2.24) is 0 Å². The topological polar surface area (TPSA) is 12.4 Å². The van der Waals surface area contributed by atoms with Gasteiger partial charge in [0.25, 0.3) is 0 Å². The van der Waals surface area contributed by atoms with E-state index in [-0.39, 0.29) is 13.0 Å². The molecule has 0 aliphatic heterocycles. The minimum atomic E-state index is 0. The van der Waals surface area contributed by atoms with Gasteiger partial charge in [-0.25, -0.2) is 0 Å². The van der Waals surface area contributed by atoms with Crippen LogP contribution in [-0.2, 0) is 20.9 Å². The van der Waals surface area contributed by atoms with Crippen LogP contribution >= 0.6 is 0 Å². The second-order valence-electron chi connectivity index (χ2n) is 7.40. The van der Waals surface area contributed by atoms with Crippen LogP contribution in [0.25, 0.3) is 0 Å². The molecule has 0 aromatic heterocycles. The molecule has 2 saturated carbocycles. The Kier molecular flexibility index (Phi) is 16.0. The van der Waals surface area contributed by atoms with E-state index in [0.717, 1.165) is 32.7 Å². The van der Waals surface area contributed by atoms with E-state index in [9.17, 15) is 0 Å². The van der Waals surface area contributed by atoms with Gasteiger partial charge >= 0.3 is 50.5 Å². The van der Waals surface area contributed by atoms with Crippen molar-refractivity contribution in [3.63, 3.8) is 0 Å². The first-order chi connectivity index (χ1) is 9.35. The van der Waals surface area contributed by atoms with Crippen LogP contribution in [0.5, 0.6) is 0 Å². The molecular formula is C19H38NTa-3. The Hall–Kier alpha value is 0.540. The van der Waals surface area contributed by atoms with E-state index in [4.69, 9.17) is 0 Å². The molecule has 0 aromatic carbocycles. The predicted octanol–water partition coefficient (Wildman–Crippen LogP) is 6.77. The molecule has 2 rings (SSSR count). The third kappa shape index (κ3) is 18.5. The van der Waals surface area contributed by atoms with Crippen LogP contribution in [0.4, 0.5) is 0 Å². The molecule has 2 fully saturated rings. The van der Waals surface area contributed by atoms with Gasteiger partial charge in [0.1, 0.15) is 0 Å². The Morgan fingerprint density at radius 2 is 1.33 bits per heavy atom. The summed E-state index contributed by atoms with van der Waals surface area (Å²) in [6.07, 6.45) is 16.1. The molecule has 2 aliphatic rings. The van der Waals surface area contributed by atoms with Gasteiger partial charge < -0.3 is 20.3 Å². The van der Waals surface area contributed by atoms with Crippen molar-refractivity contribution in [2.24, 2.45) is 15.2 Å². The molecule has 0 saturated heterocycles. The zero-order valence-corrected chi connectivity index (χ0v) is 18.6. The monoisotopic (exact) mass is 461 g/mol. The molecular weight excluding hydrogens is 423 g/mol. The summed E-state index contributed by atoms with van der Waals surface area (Å²) < 4.78 is 4.13. The zero-order valence-electron chi connectivity index (χ0n) is 15.4.